The zero-order valence-corrected chi connectivity index (χ0v) is 17.3. The second-order valence-electron chi connectivity index (χ2n) is 6.43. The molecular formula is C19H28ClN5O4. The smallest absolute Gasteiger partial charge is 0.249 e. The van der Waals surface area contributed by atoms with Crippen LogP contribution in [-0.4, -0.2) is 62.9 Å². The molecule has 1 aliphatic heterocycles. The van der Waals surface area contributed by atoms with Gasteiger partial charge in [-0.05, 0) is 25.3 Å². The summed E-state index contributed by atoms with van der Waals surface area (Å²) in [5, 5.41) is 3.31. The van der Waals surface area contributed by atoms with E-state index in [1.165, 1.54) is 14.2 Å². The maximum atomic E-state index is 12.0. The van der Waals surface area contributed by atoms with Crippen LogP contribution in [0.2, 0.25) is 0 Å². The molecule has 0 spiro atoms. The lowest BCUT2D eigenvalue weighted by molar-refractivity contribution is -0.130. The number of benzene rings is 1. The molecule has 1 unspecified atom stereocenters. The first-order valence-corrected chi connectivity index (χ1v) is 9.10. The fourth-order valence-corrected chi connectivity index (χ4v) is 3.03. The Morgan fingerprint density at radius 1 is 1.38 bits per heavy atom. The van der Waals surface area contributed by atoms with Gasteiger partial charge in [0.05, 0.1) is 19.7 Å². The zero-order valence-electron chi connectivity index (χ0n) is 19.4. The third kappa shape index (κ3) is 5.30. The zero-order chi connectivity index (χ0) is 22.6. The van der Waals surface area contributed by atoms with Crippen LogP contribution in [-0.2, 0) is 9.53 Å². The molecule has 0 radical (unpaired) electrons. The standard InChI is InChI=1S/C19H27N5O4.ClH/c1-24(8-5-7-21-18(25)14-6-4-9-28-14)19-22-13-11-16(27-3)15(26-2)10-12(13)17(20)23-19;/h10-11,14H,4-9H2,1-3H3,(H,21,25)(H2,20,22,23);1H/i1D3;. The third-order valence-corrected chi connectivity index (χ3v) is 4.54. The molecule has 1 aliphatic rings. The van der Waals surface area contributed by atoms with Gasteiger partial charge in [0, 0.05) is 42.2 Å². The fourth-order valence-electron chi connectivity index (χ4n) is 3.03. The van der Waals surface area contributed by atoms with Gasteiger partial charge in [-0.2, -0.15) is 4.98 Å². The SMILES string of the molecule is Cl.[2H]C([2H])([2H])N(CCCNC(=O)C1CCCO1)c1nc(N)c2cc(OC)c(OC)cc2n1. The highest BCUT2D eigenvalue weighted by Crippen LogP contribution is 2.33. The van der Waals surface area contributed by atoms with Crippen LogP contribution in [0.15, 0.2) is 12.1 Å². The predicted molar refractivity (Wildman–Crippen MR) is 114 cm³/mol. The summed E-state index contributed by atoms with van der Waals surface area (Å²) in [4.78, 5) is 21.7. The number of hydrogen-bond donors (Lipinski definition) is 2. The molecule has 29 heavy (non-hydrogen) atoms. The highest BCUT2D eigenvalue weighted by Gasteiger charge is 2.22. The number of ether oxygens (including phenoxy) is 3. The molecule has 1 atom stereocenters. The van der Waals surface area contributed by atoms with Gasteiger partial charge in [0.25, 0.3) is 0 Å². The molecule has 0 saturated carbocycles. The van der Waals surface area contributed by atoms with E-state index in [1.54, 1.807) is 12.1 Å². The number of aromatic nitrogens is 2. The van der Waals surface area contributed by atoms with Gasteiger partial charge in [-0.1, -0.05) is 0 Å². The number of fused-ring (bicyclic) bond motifs is 1. The van der Waals surface area contributed by atoms with Crippen molar-refractivity contribution in [3.05, 3.63) is 12.1 Å². The van der Waals surface area contributed by atoms with E-state index in [9.17, 15) is 4.79 Å². The molecule has 0 aliphatic carbocycles. The van der Waals surface area contributed by atoms with Gasteiger partial charge in [0.1, 0.15) is 11.9 Å². The monoisotopic (exact) mass is 428 g/mol. The van der Waals surface area contributed by atoms with E-state index in [0.29, 0.717) is 48.4 Å². The maximum Gasteiger partial charge on any atom is 0.249 e. The molecular weight excluding hydrogens is 398 g/mol. The molecule has 1 amide bonds. The number of nitrogen functional groups attached to an aromatic ring is 1. The number of nitrogens with zero attached hydrogens (tertiary/aromatic N) is 3. The highest BCUT2D eigenvalue weighted by molar-refractivity contribution is 5.91. The Hall–Kier alpha value is -2.52. The van der Waals surface area contributed by atoms with Gasteiger partial charge >= 0.3 is 0 Å². The van der Waals surface area contributed by atoms with Crippen LogP contribution in [0.25, 0.3) is 10.9 Å². The van der Waals surface area contributed by atoms with Crippen molar-refractivity contribution in [2.75, 3.05) is 51.5 Å². The van der Waals surface area contributed by atoms with E-state index in [2.05, 4.69) is 15.3 Å². The van der Waals surface area contributed by atoms with Crippen molar-refractivity contribution >= 4 is 41.0 Å². The van der Waals surface area contributed by atoms with Gasteiger partial charge in [-0.3, -0.25) is 4.79 Å². The van der Waals surface area contributed by atoms with Crippen LogP contribution >= 0.6 is 12.4 Å². The number of halogens is 1. The molecule has 10 heteroatoms. The van der Waals surface area contributed by atoms with E-state index >= 15 is 0 Å². The first-order chi connectivity index (χ1) is 14.7. The average molecular weight is 429 g/mol. The summed E-state index contributed by atoms with van der Waals surface area (Å²) < 4.78 is 39.6. The van der Waals surface area contributed by atoms with Crippen LogP contribution < -0.4 is 25.4 Å². The number of carbonyl (C=O) groups is 1. The molecule has 1 aromatic carbocycles. The highest BCUT2D eigenvalue weighted by atomic mass is 35.5. The predicted octanol–water partition coefficient (Wildman–Crippen LogP) is 1.77. The number of methoxy groups -OCH3 is 2. The Morgan fingerprint density at radius 2 is 2.14 bits per heavy atom. The number of anilines is 2. The van der Waals surface area contributed by atoms with E-state index in [-0.39, 0.29) is 36.6 Å². The minimum Gasteiger partial charge on any atom is -0.493 e. The number of amides is 1. The Labute approximate surface area is 180 Å². The molecule has 1 fully saturated rings. The summed E-state index contributed by atoms with van der Waals surface area (Å²) in [5.41, 5.74) is 6.52. The lowest BCUT2D eigenvalue weighted by Crippen LogP contribution is -2.36. The van der Waals surface area contributed by atoms with Crippen molar-refractivity contribution < 1.29 is 23.1 Å². The Balaban J connectivity index is 0.00000363. The summed E-state index contributed by atoms with van der Waals surface area (Å²) in [5.74, 6) is 0.832. The topological polar surface area (TPSA) is 112 Å². The van der Waals surface area contributed by atoms with Gasteiger partial charge in [-0.15, -0.1) is 12.4 Å². The van der Waals surface area contributed by atoms with Crippen LogP contribution in [0.1, 0.15) is 23.4 Å². The van der Waals surface area contributed by atoms with Crippen LogP contribution in [0.5, 0.6) is 11.5 Å². The van der Waals surface area contributed by atoms with E-state index in [0.717, 1.165) is 11.3 Å². The van der Waals surface area contributed by atoms with Gasteiger partial charge in [0.15, 0.2) is 11.5 Å². The lowest BCUT2D eigenvalue weighted by atomic mass is 10.2. The quantitative estimate of drug-likeness (QED) is 0.612. The molecule has 9 nitrogen and oxygen atoms in total. The van der Waals surface area contributed by atoms with Crippen molar-refractivity contribution in [3.63, 3.8) is 0 Å². The molecule has 0 bridgehead atoms. The summed E-state index contributed by atoms with van der Waals surface area (Å²) in [7, 11) is 3.00. The first-order valence-electron chi connectivity index (χ1n) is 10.6. The van der Waals surface area contributed by atoms with Crippen molar-refractivity contribution in [2.45, 2.75) is 25.4 Å². The normalized spacial score (nSPS) is 17.6. The fraction of sp³-hybridized carbons (Fsp3) is 0.526. The number of nitrogens with two attached hydrogens (primary N) is 1. The summed E-state index contributed by atoms with van der Waals surface area (Å²) in [6.45, 7) is -1.50. The molecule has 2 heterocycles. The molecule has 1 aromatic heterocycles. The maximum absolute atomic E-state index is 12.0. The van der Waals surface area contributed by atoms with Crippen LogP contribution in [0, 0.1) is 0 Å². The van der Waals surface area contributed by atoms with Crippen LogP contribution in [0.3, 0.4) is 0 Å². The van der Waals surface area contributed by atoms with Gasteiger partial charge in [-0.25, -0.2) is 4.98 Å². The van der Waals surface area contributed by atoms with Crippen molar-refractivity contribution in [1.82, 2.24) is 15.3 Å². The molecule has 160 valence electrons. The Bertz CT molecular complexity index is 941. The van der Waals surface area contributed by atoms with Gasteiger partial charge < -0.3 is 30.2 Å². The number of hydrogen-bond acceptors (Lipinski definition) is 8. The molecule has 3 rings (SSSR count). The summed E-state index contributed by atoms with van der Waals surface area (Å²) in [6, 6.07) is 3.27. The van der Waals surface area contributed by atoms with E-state index < -0.39 is 13.1 Å². The Morgan fingerprint density at radius 3 is 2.79 bits per heavy atom. The number of rotatable bonds is 8. The third-order valence-electron chi connectivity index (χ3n) is 4.54. The number of nitrogens with one attached hydrogen (secondary N) is 1. The van der Waals surface area contributed by atoms with E-state index in [1.807, 2.05) is 0 Å². The Kier molecular flexibility index (Phi) is 6.58. The number of carbonyl (C=O) groups excluding carboxylic acids is 1. The first kappa shape index (κ1) is 18.5. The average Bonchev–Trinajstić information content (AvgIpc) is 3.26. The lowest BCUT2D eigenvalue weighted by Gasteiger charge is -2.19. The minimum atomic E-state index is -2.49. The van der Waals surface area contributed by atoms with E-state index in [4.69, 9.17) is 24.1 Å². The van der Waals surface area contributed by atoms with Crippen molar-refractivity contribution in [1.29, 1.82) is 0 Å². The molecule has 3 N–H and O–H groups in total. The molecule has 1 saturated heterocycles. The van der Waals surface area contributed by atoms with Crippen molar-refractivity contribution in [2.24, 2.45) is 0 Å². The summed E-state index contributed by atoms with van der Waals surface area (Å²) in [6.07, 6.45) is 1.52. The minimum absolute atomic E-state index is 0. The van der Waals surface area contributed by atoms with Crippen LogP contribution in [0.4, 0.5) is 11.8 Å². The largest absolute Gasteiger partial charge is 0.493 e. The summed E-state index contributed by atoms with van der Waals surface area (Å²) >= 11 is 0. The molecule has 2 aromatic rings. The van der Waals surface area contributed by atoms with Crippen molar-refractivity contribution in [3.8, 4) is 11.5 Å². The van der Waals surface area contributed by atoms with Gasteiger partial charge in [0.2, 0.25) is 11.9 Å². The second-order valence-corrected chi connectivity index (χ2v) is 6.43. The second kappa shape index (κ2) is 10.3.